The van der Waals surface area contributed by atoms with E-state index in [-0.39, 0.29) is 4.90 Å². The van der Waals surface area contributed by atoms with Crippen molar-refractivity contribution in [2.45, 2.75) is 4.90 Å². The highest BCUT2D eigenvalue weighted by molar-refractivity contribution is 9.10. The third kappa shape index (κ3) is 3.41. The van der Waals surface area contributed by atoms with E-state index in [1.165, 1.54) is 31.6 Å². The fourth-order valence-electron chi connectivity index (χ4n) is 1.48. The standard InChI is InChI=1S/C12H10BrClN2O3S/c1-19-12-5-9(2-3-11(12)14)16-20(17,18)10-4-8(13)6-15-7-10/h2-7,16H,1H3. The lowest BCUT2D eigenvalue weighted by Gasteiger charge is -2.10. The van der Waals surface area contributed by atoms with E-state index in [0.29, 0.717) is 20.9 Å². The van der Waals surface area contributed by atoms with Crippen molar-refractivity contribution < 1.29 is 13.2 Å². The molecule has 0 bridgehead atoms. The minimum atomic E-state index is -3.71. The van der Waals surface area contributed by atoms with Crippen molar-refractivity contribution in [3.05, 3.63) is 46.2 Å². The molecule has 106 valence electrons. The van der Waals surface area contributed by atoms with E-state index >= 15 is 0 Å². The van der Waals surface area contributed by atoms with Gasteiger partial charge in [-0.3, -0.25) is 9.71 Å². The van der Waals surface area contributed by atoms with E-state index in [4.69, 9.17) is 16.3 Å². The number of nitrogens with zero attached hydrogens (tertiary/aromatic N) is 1. The van der Waals surface area contributed by atoms with Gasteiger partial charge in [0.2, 0.25) is 0 Å². The van der Waals surface area contributed by atoms with Crippen molar-refractivity contribution in [1.82, 2.24) is 4.98 Å². The molecule has 8 heteroatoms. The van der Waals surface area contributed by atoms with E-state index in [9.17, 15) is 8.42 Å². The molecule has 5 nitrogen and oxygen atoms in total. The second-order valence-electron chi connectivity index (χ2n) is 3.79. The number of hydrogen-bond acceptors (Lipinski definition) is 4. The number of rotatable bonds is 4. The predicted molar refractivity (Wildman–Crippen MR) is 80.7 cm³/mol. The molecule has 0 saturated carbocycles. The van der Waals surface area contributed by atoms with Gasteiger partial charge in [0.25, 0.3) is 10.0 Å². The summed E-state index contributed by atoms with van der Waals surface area (Å²) < 4.78 is 32.4. The minimum absolute atomic E-state index is 0.0563. The van der Waals surface area contributed by atoms with Crippen molar-refractivity contribution in [1.29, 1.82) is 0 Å². The van der Waals surface area contributed by atoms with Crippen LogP contribution < -0.4 is 9.46 Å². The molecule has 2 aromatic rings. The molecule has 1 N–H and O–H groups in total. The van der Waals surface area contributed by atoms with Crippen LogP contribution in [0, 0.1) is 0 Å². The molecular formula is C12H10BrClN2O3S. The largest absolute Gasteiger partial charge is 0.495 e. The zero-order chi connectivity index (χ0) is 14.8. The molecule has 0 spiro atoms. The van der Waals surface area contributed by atoms with E-state index in [1.54, 1.807) is 12.1 Å². The van der Waals surface area contributed by atoms with Gasteiger partial charge in [-0.05, 0) is 34.1 Å². The van der Waals surface area contributed by atoms with Gasteiger partial charge in [-0.2, -0.15) is 0 Å². The Balaban J connectivity index is 2.33. The van der Waals surface area contributed by atoms with E-state index in [1.807, 2.05) is 0 Å². The molecule has 1 aromatic carbocycles. The third-order valence-electron chi connectivity index (χ3n) is 2.39. The third-order valence-corrected chi connectivity index (χ3v) is 4.49. The highest BCUT2D eigenvalue weighted by Crippen LogP contribution is 2.28. The number of pyridine rings is 1. The van der Waals surface area contributed by atoms with Crippen LogP contribution in [0.3, 0.4) is 0 Å². The number of aromatic nitrogens is 1. The van der Waals surface area contributed by atoms with Crippen LogP contribution in [0.1, 0.15) is 0 Å². The summed E-state index contributed by atoms with van der Waals surface area (Å²) in [5.74, 6) is 0.388. The fraction of sp³-hybridized carbons (Fsp3) is 0.0833. The monoisotopic (exact) mass is 376 g/mol. The Labute approximate surface area is 130 Å². The Hall–Kier alpha value is -1.31. The van der Waals surface area contributed by atoms with Gasteiger partial charge < -0.3 is 4.74 Å². The number of benzene rings is 1. The number of ether oxygens (including phenoxy) is 1. The lowest BCUT2D eigenvalue weighted by molar-refractivity contribution is 0.415. The summed E-state index contributed by atoms with van der Waals surface area (Å²) in [4.78, 5) is 3.88. The van der Waals surface area contributed by atoms with Gasteiger partial charge >= 0.3 is 0 Å². The van der Waals surface area contributed by atoms with Gasteiger partial charge in [-0.15, -0.1) is 0 Å². The van der Waals surface area contributed by atoms with Gasteiger partial charge in [-0.1, -0.05) is 11.6 Å². The minimum Gasteiger partial charge on any atom is -0.495 e. The molecule has 1 aromatic heterocycles. The average Bonchev–Trinajstić information content (AvgIpc) is 2.40. The topological polar surface area (TPSA) is 68.3 Å². The Morgan fingerprint density at radius 3 is 2.70 bits per heavy atom. The van der Waals surface area contributed by atoms with E-state index in [2.05, 4.69) is 25.6 Å². The highest BCUT2D eigenvalue weighted by atomic mass is 79.9. The van der Waals surface area contributed by atoms with Crippen LogP contribution in [0.25, 0.3) is 0 Å². The molecule has 1 heterocycles. The van der Waals surface area contributed by atoms with Crippen LogP contribution in [-0.2, 0) is 10.0 Å². The first-order chi connectivity index (χ1) is 9.42. The SMILES string of the molecule is COc1cc(NS(=O)(=O)c2cncc(Br)c2)ccc1Cl. The second-order valence-corrected chi connectivity index (χ2v) is 6.80. The van der Waals surface area contributed by atoms with Crippen LogP contribution in [0.2, 0.25) is 5.02 Å². The van der Waals surface area contributed by atoms with Crippen LogP contribution in [0.4, 0.5) is 5.69 Å². The highest BCUT2D eigenvalue weighted by Gasteiger charge is 2.15. The van der Waals surface area contributed by atoms with Crippen molar-refractivity contribution >= 4 is 43.2 Å². The molecule has 0 saturated heterocycles. The maximum atomic E-state index is 12.2. The van der Waals surface area contributed by atoms with Crippen LogP contribution >= 0.6 is 27.5 Å². The fourth-order valence-corrected chi connectivity index (χ4v) is 3.22. The number of sulfonamides is 1. The first kappa shape index (κ1) is 15.1. The van der Waals surface area contributed by atoms with Crippen molar-refractivity contribution in [3.63, 3.8) is 0 Å². The van der Waals surface area contributed by atoms with Gasteiger partial charge in [0.1, 0.15) is 10.6 Å². The molecule has 2 rings (SSSR count). The molecule has 0 atom stereocenters. The second kappa shape index (κ2) is 5.99. The molecule has 0 radical (unpaired) electrons. The number of hydrogen-bond donors (Lipinski definition) is 1. The van der Waals surface area contributed by atoms with E-state index < -0.39 is 10.0 Å². The van der Waals surface area contributed by atoms with Crippen LogP contribution in [0.15, 0.2) is 46.0 Å². The maximum Gasteiger partial charge on any atom is 0.263 e. The molecule has 20 heavy (non-hydrogen) atoms. The lowest BCUT2D eigenvalue weighted by Crippen LogP contribution is -2.13. The van der Waals surface area contributed by atoms with Gasteiger partial charge in [0, 0.05) is 22.9 Å². The molecule has 0 amide bonds. The number of nitrogens with one attached hydrogen (secondary N) is 1. The van der Waals surface area contributed by atoms with Gasteiger partial charge in [0.15, 0.2) is 0 Å². The normalized spacial score (nSPS) is 11.2. The first-order valence-electron chi connectivity index (χ1n) is 5.39. The van der Waals surface area contributed by atoms with Gasteiger partial charge in [-0.25, -0.2) is 8.42 Å². The molecular weight excluding hydrogens is 368 g/mol. The number of halogens is 2. The Bertz CT molecular complexity index is 737. The summed E-state index contributed by atoms with van der Waals surface area (Å²) in [6, 6.07) is 6.07. The smallest absolute Gasteiger partial charge is 0.263 e. The molecule has 0 aliphatic carbocycles. The summed E-state index contributed by atoms with van der Waals surface area (Å²) in [6.07, 6.45) is 2.77. The maximum absolute atomic E-state index is 12.2. The zero-order valence-electron chi connectivity index (χ0n) is 10.3. The van der Waals surface area contributed by atoms with Crippen molar-refractivity contribution in [2.24, 2.45) is 0 Å². The summed E-state index contributed by atoms with van der Waals surface area (Å²) in [5.41, 5.74) is 0.353. The average molecular weight is 378 g/mol. The summed E-state index contributed by atoms with van der Waals surface area (Å²) in [6.45, 7) is 0. The summed E-state index contributed by atoms with van der Waals surface area (Å²) in [5, 5.41) is 0.402. The summed E-state index contributed by atoms with van der Waals surface area (Å²) in [7, 11) is -2.26. The lowest BCUT2D eigenvalue weighted by atomic mass is 10.3. The zero-order valence-corrected chi connectivity index (χ0v) is 13.5. The number of anilines is 1. The van der Waals surface area contributed by atoms with Gasteiger partial charge in [0.05, 0.1) is 17.8 Å². The Morgan fingerprint density at radius 1 is 1.30 bits per heavy atom. The Morgan fingerprint density at radius 2 is 2.05 bits per heavy atom. The Kier molecular flexibility index (Phi) is 4.52. The predicted octanol–water partition coefficient (Wildman–Crippen LogP) is 3.31. The van der Waals surface area contributed by atoms with Crippen molar-refractivity contribution in [3.8, 4) is 5.75 Å². The molecule has 0 unspecified atom stereocenters. The quantitative estimate of drug-likeness (QED) is 0.887. The van der Waals surface area contributed by atoms with Crippen LogP contribution in [-0.4, -0.2) is 20.5 Å². The first-order valence-corrected chi connectivity index (χ1v) is 8.05. The van der Waals surface area contributed by atoms with Crippen molar-refractivity contribution in [2.75, 3.05) is 11.8 Å². The van der Waals surface area contributed by atoms with E-state index in [0.717, 1.165) is 0 Å². The number of methoxy groups -OCH3 is 1. The summed E-state index contributed by atoms with van der Waals surface area (Å²) >= 11 is 9.07. The molecule has 0 fully saturated rings. The molecule has 0 aliphatic heterocycles. The molecule has 0 aliphatic rings. The van der Waals surface area contributed by atoms with Crippen LogP contribution in [0.5, 0.6) is 5.75 Å².